The second-order valence-electron chi connectivity index (χ2n) is 3.26. The van der Waals surface area contributed by atoms with Gasteiger partial charge in [-0.05, 0) is 18.9 Å². The van der Waals surface area contributed by atoms with Gasteiger partial charge in [-0.25, -0.2) is 0 Å². The molecular weight excluding hydrogens is 168 g/mol. The third-order valence-corrected chi connectivity index (χ3v) is 2.21. The van der Waals surface area contributed by atoms with Crippen LogP contribution < -0.4 is 5.32 Å². The van der Waals surface area contributed by atoms with Crippen LogP contribution in [0.15, 0.2) is 12.3 Å². The quantitative estimate of drug-likeness (QED) is 0.625. The molecule has 0 bridgehead atoms. The van der Waals surface area contributed by atoms with Crippen molar-refractivity contribution in [3.63, 3.8) is 0 Å². The zero-order valence-corrected chi connectivity index (χ0v) is 7.86. The average Bonchev–Trinajstić information content (AvgIpc) is 2.65. The maximum atomic E-state index is 10.9. The zero-order chi connectivity index (χ0) is 9.68. The molecule has 0 radical (unpaired) electrons. The van der Waals surface area contributed by atoms with E-state index in [1.165, 1.54) is 4.90 Å². The Bertz CT molecular complexity index is 198. The number of amides is 1. The molecule has 0 spiro atoms. The van der Waals surface area contributed by atoms with Gasteiger partial charge in [0.15, 0.2) is 0 Å². The maximum absolute atomic E-state index is 10.9. The maximum Gasteiger partial charge on any atom is 0.251 e. The summed E-state index contributed by atoms with van der Waals surface area (Å²) in [7, 11) is 1.65. The van der Waals surface area contributed by atoms with Gasteiger partial charge in [-0.1, -0.05) is 6.08 Å². The van der Waals surface area contributed by atoms with Crippen molar-refractivity contribution in [3.8, 4) is 0 Å². The van der Waals surface area contributed by atoms with E-state index in [0.29, 0.717) is 5.92 Å². The monoisotopic (exact) mass is 184 g/mol. The van der Waals surface area contributed by atoms with Crippen LogP contribution in [0.2, 0.25) is 0 Å². The summed E-state index contributed by atoms with van der Waals surface area (Å²) in [6.07, 6.45) is 4.86. The lowest BCUT2D eigenvalue weighted by Crippen LogP contribution is -2.24. The van der Waals surface area contributed by atoms with Gasteiger partial charge in [0, 0.05) is 19.8 Å². The van der Waals surface area contributed by atoms with E-state index in [-0.39, 0.29) is 5.91 Å². The lowest BCUT2D eigenvalue weighted by molar-refractivity contribution is -0.130. The summed E-state index contributed by atoms with van der Waals surface area (Å²) in [5.41, 5.74) is 0. The van der Waals surface area contributed by atoms with Gasteiger partial charge in [-0.2, -0.15) is 0 Å². The van der Waals surface area contributed by atoms with Gasteiger partial charge in [0.2, 0.25) is 0 Å². The molecule has 1 rings (SSSR count). The number of carbonyl (C=O) groups excluding carboxylic acids is 1. The highest BCUT2D eigenvalue weighted by Crippen LogP contribution is 2.08. The van der Waals surface area contributed by atoms with Crippen molar-refractivity contribution >= 4 is 5.91 Å². The molecule has 0 saturated carbocycles. The van der Waals surface area contributed by atoms with Crippen LogP contribution in [0.3, 0.4) is 0 Å². The van der Waals surface area contributed by atoms with Gasteiger partial charge in [0.25, 0.3) is 5.91 Å². The summed E-state index contributed by atoms with van der Waals surface area (Å²) in [5.74, 6) is 0.246. The van der Waals surface area contributed by atoms with Crippen LogP contribution in [0, 0.1) is 5.92 Å². The fourth-order valence-corrected chi connectivity index (χ4v) is 1.29. The summed E-state index contributed by atoms with van der Waals surface area (Å²) in [5, 5.41) is 11.8. The first-order valence-electron chi connectivity index (χ1n) is 4.49. The Kier molecular flexibility index (Phi) is 3.92. The van der Waals surface area contributed by atoms with Gasteiger partial charge < -0.3 is 15.3 Å². The van der Waals surface area contributed by atoms with Crippen LogP contribution in [0.4, 0.5) is 0 Å². The minimum absolute atomic E-state index is 0.276. The Balaban J connectivity index is 2.33. The lowest BCUT2D eigenvalue weighted by atomic mass is 10.1. The van der Waals surface area contributed by atoms with Gasteiger partial charge in [-0.15, -0.1) is 0 Å². The molecule has 1 unspecified atom stereocenters. The van der Waals surface area contributed by atoms with Crippen LogP contribution in [0.1, 0.15) is 6.42 Å². The van der Waals surface area contributed by atoms with E-state index in [0.717, 1.165) is 19.5 Å². The Hall–Kier alpha value is -0.870. The van der Waals surface area contributed by atoms with Gasteiger partial charge >= 0.3 is 0 Å². The molecule has 2 N–H and O–H groups in total. The van der Waals surface area contributed by atoms with Crippen molar-refractivity contribution < 1.29 is 9.90 Å². The second-order valence-corrected chi connectivity index (χ2v) is 3.26. The predicted octanol–water partition coefficient (Wildman–Crippen LogP) is -0.440. The molecule has 0 aromatic heterocycles. The molecular formula is C9H16N2O2. The minimum Gasteiger partial charge on any atom is -0.387 e. The summed E-state index contributed by atoms with van der Waals surface area (Å²) < 4.78 is 0. The van der Waals surface area contributed by atoms with Crippen molar-refractivity contribution in [1.82, 2.24) is 10.2 Å². The molecule has 4 heteroatoms. The van der Waals surface area contributed by atoms with E-state index in [2.05, 4.69) is 5.32 Å². The molecule has 1 fully saturated rings. The SMILES string of the molecule is CN(C=CC1CCNC1)C(=O)CO. The zero-order valence-electron chi connectivity index (χ0n) is 7.86. The molecule has 0 aliphatic carbocycles. The molecule has 74 valence electrons. The highest BCUT2D eigenvalue weighted by Gasteiger charge is 2.11. The summed E-state index contributed by atoms with van der Waals surface area (Å²) >= 11 is 0. The van der Waals surface area contributed by atoms with Gasteiger partial charge in [0.1, 0.15) is 6.61 Å². The number of nitrogens with one attached hydrogen (secondary N) is 1. The number of aliphatic hydroxyl groups excluding tert-OH is 1. The van der Waals surface area contributed by atoms with Crippen molar-refractivity contribution in [3.05, 3.63) is 12.3 Å². The van der Waals surface area contributed by atoms with Gasteiger partial charge in [-0.3, -0.25) is 4.79 Å². The third kappa shape index (κ3) is 3.16. The first-order valence-corrected chi connectivity index (χ1v) is 4.49. The molecule has 1 saturated heterocycles. The highest BCUT2D eigenvalue weighted by atomic mass is 16.3. The van der Waals surface area contributed by atoms with Crippen molar-refractivity contribution in [2.45, 2.75) is 6.42 Å². The number of likely N-dealkylation sites (N-methyl/N-ethyl adjacent to an activating group) is 1. The van der Waals surface area contributed by atoms with Crippen LogP contribution in [-0.4, -0.2) is 42.7 Å². The van der Waals surface area contributed by atoms with Crippen LogP contribution in [0.5, 0.6) is 0 Å². The summed E-state index contributed by atoms with van der Waals surface area (Å²) in [6.45, 7) is 1.61. The van der Waals surface area contributed by atoms with E-state index < -0.39 is 6.61 Å². The second kappa shape index (κ2) is 4.99. The standard InChI is InChI=1S/C9H16N2O2/c1-11(9(13)7-12)5-3-8-2-4-10-6-8/h3,5,8,10,12H,2,4,6-7H2,1H3. The van der Waals surface area contributed by atoms with Crippen molar-refractivity contribution in [2.75, 3.05) is 26.7 Å². The Morgan fingerprint density at radius 3 is 3.08 bits per heavy atom. The smallest absolute Gasteiger partial charge is 0.251 e. The topological polar surface area (TPSA) is 52.6 Å². The number of carbonyl (C=O) groups is 1. The predicted molar refractivity (Wildman–Crippen MR) is 50.0 cm³/mol. The van der Waals surface area contributed by atoms with Crippen LogP contribution >= 0.6 is 0 Å². The van der Waals surface area contributed by atoms with E-state index in [9.17, 15) is 4.79 Å². The number of rotatable bonds is 3. The van der Waals surface area contributed by atoms with E-state index >= 15 is 0 Å². The van der Waals surface area contributed by atoms with E-state index in [1.54, 1.807) is 13.2 Å². The third-order valence-electron chi connectivity index (χ3n) is 2.21. The van der Waals surface area contributed by atoms with E-state index in [1.807, 2.05) is 6.08 Å². The summed E-state index contributed by atoms with van der Waals surface area (Å²) in [6, 6.07) is 0. The van der Waals surface area contributed by atoms with E-state index in [4.69, 9.17) is 5.11 Å². The molecule has 1 heterocycles. The molecule has 4 nitrogen and oxygen atoms in total. The molecule has 13 heavy (non-hydrogen) atoms. The number of aliphatic hydroxyl groups is 1. The highest BCUT2D eigenvalue weighted by molar-refractivity contribution is 5.77. The molecule has 0 aromatic carbocycles. The Morgan fingerprint density at radius 1 is 1.77 bits per heavy atom. The normalized spacial score (nSPS) is 22.5. The lowest BCUT2D eigenvalue weighted by Gasteiger charge is -2.10. The largest absolute Gasteiger partial charge is 0.387 e. The molecule has 0 aromatic rings. The number of nitrogens with zero attached hydrogens (tertiary/aromatic N) is 1. The first-order chi connectivity index (χ1) is 6.24. The minimum atomic E-state index is -0.427. The Labute approximate surface area is 78.2 Å². The average molecular weight is 184 g/mol. The fraction of sp³-hybridized carbons (Fsp3) is 0.667. The molecule has 1 aliphatic rings. The molecule has 1 aliphatic heterocycles. The van der Waals surface area contributed by atoms with Gasteiger partial charge in [0.05, 0.1) is 0 Å². The van der Waals surface area contributed by atoms with Crippen molar-refractivity contribution in [2.24, 2.45) is 5.92 Å². The van der Waals surface area contributed by atoms with Crippen LogP contribution in [0.25, 0.3) is 0 Å². The molecule has 1 atom stereocenters. The molecule has 1 amide bonds. The Morgan fingerprint density at radius 2 is 2.54 bits per heavy atom. The summed E-state index contributed by atoms with van der Waals surface area (Å²) in [4.78, 5) is 12.3. The first kappa shape index (κ1) is 10.2. The van der Waals surface area contributed by atoms with Crippen LogP contribution in [-0.2, 0) is 4.79 Å². The van der Waals surface area contributed by atoms with Crippen molar-refractivity contribution in [1.29, 1.82) is 0 Å². The fourth-order valence-electron chi connectivity index (χ4n) is 1.29. The number of hydrogen-bond acceptors (Lipinski definition) is 3. The number of hydrogen-bond donors (Lipinski definition) is 2.